The van der Waals surface area contributed by atoms with E-state index in [2.05, 4.69) is 52.0 Å². The highest BCUT2D eigenvalue weighted by molar-refractivity contribution is 6.13. The standard InChI is InChI=1S/C27H27N5O2/c28-24-18-6-3-7-21(12-18)27(13-19-4-1-2-5-20(19)14-27)17-31-26(33)32-10-11-34-16-22(32)15-30-25-23(24)8-9-29-25/h1-9,12,15,28-30H,10-11,13-14,16-17H2,(H,31,33)/b22-15+,28-24?. The predicted octanol–water partition coefficient (Wildman–Crippen LogP) is 3.78. The lowest BCUT2D eigenvalue weighted by Crippen LogP contribution is -2.49. The van der Waals surface area contributed by atoms with Gasteiger partial charge in [0.15, 0.2) is 0 Å². The number of carbonyl (C=O) groups is 1. The first-order valence-electron chi connectivity index (χ1n) is 11.7. The molecule has 3 aliphatic rings. The summed E-state index contributed by atoms with van der Waals surface area (Å²) in [6.45, 7) is 1.87. The Morgan fingerprint density at radius 1 is 1.03 bits per heavy atom. The number of nitrogens with zero attached hydrogens (tertiary/aromatic N) is 1. The molecule has 6 rings (SSSR count). The van der Waals surface area contributed by atoms with Gasteiger partial charge in [0.05, 0.1) is 31.2 Å². The lowest BCUT2D eigenvalue weighted by molar-refractivity contribution is 0.0836. The van der Waals surface area contributed by atoms with E-state index >= 15 is 0 Å². The van der Waals surface area contributed by atoms with Crippen molar-refractivity contribution in [2.24, 2.45) is 0 Å². The maximum Gasteiger partial charge on any atom is 0.321 e. The number of benzene rings is 2. The summed E-state index contributed by atoms with van der Waals surface area (Å²) in [7, 11) is 0. The Morgan fingerprint density at radius 2 is 1.85 bits per heavy atom. The van der Waals surface area contributed by atoms with Gasteiger partial charge in [0.1, 0.15) is 5.82 Å². The summed E-state index contributed by atoms with van der Waals surface area (Å²) in [5.74, 6) is 0.717. The van der Waals surface area contributed by atoms with Gasteiger partial charge in [0, 0.05) is 35.5 Å². The third-order valence-electron chi connectivity index (χ3n) is 7.22. The van der Waals surface area contributed by atoms with Gasteiger partial charge in [-0.15, -0.1) is 0 Å². The molecule has 1 aliphatic carbocycles. The first-order chi connectivity index (χ1) is 16.6. The fourth-order valence-electron chi connectivity index (χ4n) is 5.38. The van der Waals surface area contributed by atoms with Crippen LogP contribution < -0.4 is 10.6 Å². The van der Waals surface area contributed by atoms with Crippen LogP contribution in [0.4, 0.5) is 10.6 Å². The van der Waals surface area contributed by atoms with E-state index in [0.29, 0.717) is 37.8 Å². The number of hydrogen-bond donors (Lipinski definition) is 4. The molecule has 2 bridgehead atoms. The van der Waals surface area contributed by atoms with Crippen LogP contribution >= 0.6 is 0 Å². The molecular weight excluding hydrogens is 426 g/mol. The number of anilines is 1. The number of morpholine rings is 1. The minimum Gasteiger partial charge on any atom is -0.373 e. The molecular formula is C27H27N5O2. The zero-order valence-electron chi connectivity index (χ0n) is 18.9. The van der Waals surface area contributed by atoms with Crippen molar-refractivity contribution in [2.45, 2.75) is 18.3 Å². The lowest BCUT2D eigenvalue weighted by atomic mass is 9.76. The SMILES string of the molecule is N=C1c2cccc(c2)C2(CNC(=O)N3CCOC/C3=C\Nc3[nH]ccc31)Cc1ccccc1C2. The Labute approximate surface area is 198 Å². The molecule has 1 spiro atoms. The van der Waals surface area contributed by atoms with Crippen molar-refractivity contribution in [3.05, 3.63) is 101 Å². The molecule has 1 aromatic heterocycles. The molecule has 3 heterocycles. The van der Waals surface area contributed by atoms with Crippen molar-refractivity contribution in [3.63, 3.8) is 0 Å². The molecule has 2 aromatic carbocycles. The molecule has 7 nitrogen and oxygen atoms in total. The second-order valence-electron chi connectivity index (χ2n) is 9.27. The first-order valence-corrected chi connectivity index (χ1v) is 11.7. The van der Waals surface area contributed by atoms with Crippen molar-refractivity contribution in [3.8, 4) is 0 Å². The average Bonchev–Trinajstić information content (AvgIpc) is 3.50. The topological polar surface area (TPSA) is 93.2 Å². The number of aromatic amines is 1. The number of urea groups is 1. The summed E-state index contributed by atoms with van der Waals surface area (Å²) in [6, 6.07) is 18.6. The van der Waals surface area contributed by atoms with Crippen LogP contribution in [-0.2, 0) is 23.0 Å². The van der Waals surface area contributed by atoms with Gasteiger partial charge in [-0.1, -0.05) is 42.5 Å². The number of carbonyl (C=O) groups excluding carboxylic acids is 1. The zero-order chi connectivity index (χ0) is 23.1. The Kier molecular flexibility index (Phi) is 4.99. The Balaban J connectivity index is 1.47. The Hall–Kier alpha value is -3.84. The van der Waals surface area contributed by atoms with Crippen molar-refractivity contribution >= 4 is 17.6 Å². The molecule has 3 aromatic rings. The third kappa shape index (κ3) is 3.49. The van der Waals surface area contributed by atoms with Crippen molar-refractivity contribution in [1.29, 1.82) is 5.41 Å². The van der Waals surface area contributed by atoms with E-state index in [-0.39, 0.29) is 11.4 Å². The number of H-pyrrole nitrogens is 1. The van der Waals surface area contributed by atoms with Gasteiger partial charge in [-0.25, -0.2) is 4.79 Å². The van der Waals surface area contributed by atoms with Crippen molar-refractivity contribution in [2.75, 3.05) is 31.6 Å². The largest absolute Gasteiger partial charge is 0.373 e. The molecule has 0 unspecified atom stereocenters. The second kappa shape index (κ2) is 8.18. The van der Waals surface area contributed by atoms with Gasteiger partial charge in [0.25, 0.3) is 0 Å². The van der Waals surface area contributed by atoms with Gasteiger partial charge >= 0.3 is 6.03 Å². The molecule has 7 heteroatoms. The van der Waals surface area contributed by atoms with Gasteiger partial charge in [0.2, 0.25) is 0 Å². The lowest BCUT2D eigenvalue weighted by Gasteiger charge is -2.34. The van der Waals surface area contributed by atoms with E-state index < -0.39 is 0 Å². The minimum atomic E-state index is -0.269. The van der Waals surface area contributed by atoms with Gasteiger partial charge in [-0.3, -0.25) is 10.3 Å². The summed E-state index contributed by atoms with van der Waals surface area (Å²) >= 11 is 0. The highest BCUT2D eigenvalue weighted by atomic mass is 16.5. The smallest absolute Gasteiger partial charge is 0.321 e. The summed E-state index contributed by atoms with van der Waals surface area (Å²) in [5, 5.41) is 15.5. The number of fused-ring (bicyclic) bond motifs is 6. The molecule has 2 aliphatic heterocycles. The fourth-order valence-corrected chi connectivity index (χ4v) is 5.38. The summed E-state index contributed by atoms with van der Waals surface area (Å²) in [4.78, 5) is 18.3. The van der Waals surface area contributed by atoms with Crippen LogP contribution in [0.15, 0.2) is 72.7 Å². The minimum absolute atomic E-state index is 0.112. The number of nitrogens with one attached hydrogen (secondary N) is 4. The van der Waals surface area contributed by atoms with Gasteiger partial charge in [-0.2, -0.15) is 0 Å². The van der Waals surface area contributed by atoms with Crippen LogP contribution in [0.3, 0.4) is 0 Å². The Morgan fingerprint density at radius 3 is 2.68 bits per heavy atom. The number of rotatable bonds is 0. The second-order valence-corrected chi connectivity index (χ2v) is 9.27. The van der Waals surface area contributed by atoms with E-state index in [1.807, 2.05) is 24.4 Å². The molecule has 1 saturated heterocycles. The summed E-state index contributed by atoms with van der Waals surface area (Å²) < 4.78 is 5.63. The van der Waals surface area contributed by atoms with Crippen LogP contribution in [-0.4, -0.2) is 47.9 Å². The molecule has 0 atom stereocenters. The monoisotopic (exact) mass is 453 g/mol. The maximum absolute atomic E-state index is 13.4. The quantitative estimate of drug-likeness (QED) is 0.417. The van der Waals surface area contributed by atoms with E-state index in [1.54, 1.807) is 11.1 Å². The van der Waals surface area contributed by atoms with Crippen LogP contribution in [0.25, 0.3) is 0 Å². The normalized spacial score (nSPS) is 20.8. The van der Waals surface area contributed by atoms with Gasteiger partial charge in [-0.05, 0) is 41.7 Å². The number of amides is 2. The van der Waals surface area contributed by atoms with E-state index in [9.17, 15) is 4.79 Å². The summed E-state index contributed by atoms with van der Waals surface area (Å²) in [6.07, 6.45) is 5.32. The fraction of sp³-hybridized carbons (Fsp3) is 0.259. The van der Waals surface area contributed by atoms with Crippen molar-refractivity contribution < 1.29 is 9.53 Å². The molecule has 2 amide bonds. The van der Waals surface area contributed by atoms with Crippen molar-refractivity contribution in [1.82, 2.24) is 15.2 Å². The molecule has 1 fully saturated rings. The molecule has 34 heavy (non-hydrogen) atoms. The number of hydrogen-bond acceptors (Lipinski definition) is 4. The average molecular weight is 454 g/mol. The summed E-state index contributed by atoms with van der Waals surface area (Å²) in [5.41, 5.74) is 6.37. The zero-order valence-corrected chi connectivity index (χ0v) is 18.9. The van der Waals surface area contributed by atoms with Crippen LogP contribution in [0.5, 0.6) is 0 Å². The Bertz CT molecular complexity index is 1280. The molecule has 0 saturated carbocycles. The third-order valence-corrected chi connectivity index (χ3v) is 7.22. The predicted molar refractivity (Wildman–Crippen MR) is 131 cm³/mol. The van der Waals surface area contributed by atoms with Crippen LogP contribution in [0.2, 0.25) is 0 Å². The number of aromatic nitrogens is 1. The maximum atomic E-state index is 13.4. The first kappa shape index (κ1) is 20.7. The van der Waals surface area contributed by atoms with Crippen LogP contribution in [0.1, 0.15) is 27.8 Å². The van der Waals surface area contributed by atoms with E-state index in [4.69, 9.17) is 10.1 Å². The highest BCUT2D eigenvalue weighted by Gasteiger charge is 2.40. The highest BCUT2D eigenvalue weighted by Crippen LogP contribution is 2.40. The molecule has 0 radical (unpaired) electrons. The van der Waals surface area contributed by atoms with E-state index in [1.165, 1.54) is 11.1 Å². The van der Waals surface area contributed by atoms with E-state index in [0.717, 1.165) is 35.2 Å². The van der Waals surface area contributed by atoms with Crippen LogP contribution in [0, 0.1) is 5.41 Å². The van der Waals surface area contributed by atoms with Gasteiger partial charge < -0.3 is 20.4 Å². The molecule has 4 N–H and O–H groups in total. The molecule has 172 valence electrons. The number of ether oxygens (including phenoxy) is 1.